The fourth-order valence-electron chi connectivity index (χ4n) is 3.17. The van der Waals surface area contributed by atoms with Crippen LogP contribution in [-0.4, -0.2) is 31.1 Å². The molecule has 0 saturated carbocycles. The first-order chi connectivity index (χ1) is 12.2. The summed E-state index contributed by atoms with van der Waals surface area (Å²) in [5.74, 6) is 1.82. The molecule has 0 N–H and O–H groups in total. The Morgan fingerprint density at radius 2 is 1.88 bits per heavy atom. The molecule has 25 heavy (non-hydrogen) atoms. The van der Waals surface area contributed by atoms with Crippen LogP contribution in [0, 0.1) is 10.1 Å². The third-order valence-corrected chi connectivity index (χ3v) is 4.39. The zero-order chi connectivity index (χ0) is 17.2. The largest absolute Gasteiger partial charge is 0.309 e. The fourth-order valence-corrected chi connectivity index (χ4v) is 3.17. The number of nitro groups is 1. The van der Waals surface area contributed by atoms with Gasteiger partial charge in [0.1, 0.15) is 5.82 Å². The maximum atomic E-state index is 10.9. The number of hydrogen-bond donors (Lipinski definition) is 0. The van der Waals surface area contributed by atoms with Gasteiger partial charge in [-0.1, -0.05) is 42.5 Å². The first-order valence-electron chi connectivity index (χ1n) is 8.14. The van der Waals surface area contributed by atoms with Crippen LogP contribution >= 0.6 is 0 Å². The van der Waals surface area contributed by atoms with Crippen LogP contribution in [-0.2, 0) is 19.6 Å². The lowest BCUT2D eigenvalue weighted by atomic mass is 10.1. The van der Waals surface area contributed by atoms with Gasteiger partial charge in [0, 0.05) is 37.3 Å². The molecule has 2 heterocycles. The average molecular weight is 335 g/mol. The number of benzene rings is 2. The third kappa shape index (κ3) is 3.14. The highest BCUT2D eigenvalue weighted by atomic mass is 16.6. The number of non-ortho nitro benzene ring substituents is 1. The predicted octanol–water partition coefficient (Wildman–Crippen LogP) is 2.87. The van der Waals surface area contributed by atoms with Crippen molar-refractivity contribution in [3.05, 3.63) is 76.1 Å². The van der Waals surface area contributed by atoms with Crippen molar-refractivity contribution in [3.8, 4) is 11.4 Å². The summed E-state index contributed by atoms with van der Waals surface area (Å²) in [6, 6.07) is 16.8. The quantitative estimate of drug-likeness (QED) is 0.541. The van der Waals surface area contributed by atoms with Crippen LogP contribution in [0.5, 0.6) is 0 Å². The highest BCUT2D eigenvalue weighted by Crippen LogP contribution is 2.23. The van der Waals surface area contributed by atoms with Gasteiger partial charge in [0.05, 0.1) is 11.5 Å². The Labute approximate surface area is 144 Å². The maximum absolute atomic E-state index is 10.9. The summed E-state index contributed by atoms with van der Waals surface area (Å²) in [7, 11) is 0. The Bertz CT molecular complexity index is 907. The van der Waals surface area contributed by atoms with Crippen LogP contribution in [0.4, 0.5) is 5.69 Å². The van der Waals surface area contributed by atoms with E-state index in [9.17, 15) is 10.1 Å². The Balaban J connectivity index is 1.52. The van der Waals surface area contributed by atoms with Crippen LogP contribution in [0.3, 0.4) is 0 Å². The van der Waals surface area contributed by atoms with Crippen molar-refractivity contribution in [2.24, 2.45) is 0 Å². The standard InChI is InChI=1S/C18H17N5O2/c24-23(25)16-8-4-5-14(11-16)12-21-9-10-22-17(13-21)19-20-18(22)15-6-2-1-3-7-15/h1-8,11H,9-10,12-13H2. The fraction of sp³-hybridized carbons (Fsp3) is 0.222. The molecular formula is C18H17N5O2. The second kappa shape index (κ2) is 6.45. The van der Waals surface area contributed by atoms with Crippen molar-refractivity contribution in [1.29, 1.82) is 0 Å². The van der Waals surface area contributed by atoms with Crippen LogP contribution in [0.1, 0.15) is 11.4 Å². The van der Waals surface area contributed by atoms with E-state index in [0.717, 1.165) is 35.9 Å². The van der Waals surface area contributed by atoms with E-state index in [2.05, 4.69) is 19.7 Å². The van der Waals surface area contributed by atoms with E-state index >= 15 is 0 Å². The number of hydrogen-bond acceptors (Lipinski definition) is 5. The summed E-state index contributed by atoms with van der Waals surface area (Å²) in [4.78, 5) is 12.8. The molecule has 0 spiro atoms. The normalized spacial score (nSPS) is 14.2. The third-order valence-electron chi connectivity index (χ3n) is 4.39. The van der Waals surface area contributed by atoms with Gasteiger partial charge in [-0.2, -0.15) is 0 Å². The van der Waals surface area contributed by atoms with Gasteiger partial charge in [-0.25, -0.2) is 0 Å². The molecule has 0 amide bonds. The molecule has 0 aliphatic carbocycles. The molecule has 3 aromatic rings. The molecule has 0 bridgehead atoms. The zero-order valence-corrected chi connectivity index (χ0v) is 13.6. The van der Waals surface area contributed by atoms with Crippen LogP contribution in [0.2, 0.25) is 0 Å². The van der Waals surface area contributed by atoms with Gasteiger partial charge in [0.15, 0.2) is 5.82 Å². The minimum atomic E-state index is -0.359. The van der Waals surface area contributed by atoms with Crippen molar-refractivity contribution in [2.45, 2.75) is 19.6 Å². The molecule has 1 aliphatic heterocycles. The summed E-state index contributed by atoms with van der Waals surface area (Å²) in [5, 5.41) is 19.6. The van der Waals surface area contributed by atoms with E-state index < -0.39 is 0 Å². The van der Waals surface area contributed by atoms with Crippen LogP contribution in [0.15, 0.2) is 54.6 Å². The van der Waals surface area contributed by atoms with Crippen molar-refractivity contribution < 1.29 is 4.92 Å². The van der Waals surface area contributed by atoms with Gasteiger partial charge >= 0.3 is 0 Å². The summed E-state index contributed by atoms with van der Waals surface area (Å²) >= 11 is 0. The van der Waals surface area contributed by atoms with Gasteiger partial charge in [-0.15, -0.1) is 10.2 Å². The second-order valence-electron chi connectivity index (χ2n) is 6.10. The minimum absolute atomic E-state index is 0.129. The molecule has 1 aliphatic rings. The van der Waals surface area contributed by atoms with Crippen molar-refractivity contribution in [1.82, 2.24) is 19.7 Å². The topological polar surface area (TPSA) is 77.1 Å². The lowest BCUT2D eigenvalue weighted by molar-refractivity contribution is -0.384. The highest BCUT2D eigenvalue weighted by Gasteiger charge is 2.22. The van der Waals surface area contributed by atoms with E-state index in [-0.39, 0.29) is 10.6 Å². The van der Waals surface area contributed by atoms with Crippen molar-refractivity contribution in [3.63, 3.8) is 0 Å². The Morgan fingerprint density at radius 3 is 2.68 bits per heavy atom. The van der Waals surface area contributed by atoms with Gasteiger partial charge in [-0.3, -0.25) is 15.0 Å². The summed E-state index contributed by atoms with van der Waals surface area (Å²) in [5.41, 5.74) is 2.13. The first kappa shape index (κ1) is 15.5. The molecule has 0 atom stereocenters. The smallest absolute Gasteiger partial charge is 0.269 e. The van der Waals surface area contributed by atoms with Crippen LogP contribution in [0.25, 0.3) is 11.4 Å². The molecule has 7 heteroatoms. The molecule has 126 valence electrons. The molecule has 0 unspecified atom stereocenters. The monoisotopic (exact) mass is 335 g/mol. The number of nitro benzene ring substituents is 1. The number of rotatable bonds is 4. The second-order valence-corrected chi connectivity index (χ2v) is 6.10. The maximum Gasteiger partial charge on any atom is 0.269 e. The van der Waals surface area contributed by atoms with Crippen LogP contribution < -0.4 is 0 Å². The lowest BCUT2D eigenvalue weighted by Gasteiger charge is -2.27. The minimum Gasteiger partial charge on any atom is -0.309 e. The number of fused-ring (bicyclic) bond motifs is 1. The molecule has 7 nitrogen and oxygen atoms in total. The average Bonchev–Trinajstić information content (AvgIpc) is 3.06. The van der Waals surface area contributed by atoms with Gasteiger partial charge in [-0.05, 0) is 5.56 Å². The van der Waals surface area contributed by atoms with Crippen molar-refractivity contribution >= 4 is 5.69 Å². The number of aromatic nitrogens is 3. The molecule has 4 rings (SSSR count). The Hall–Kier alpha value is -3.06. The van der Waals surface area contributed by atoms with E-state index in [4.69, 9.17) is 0 Å². The van der Waals surface area contributed by atoms with E-state index in [0.29, 0.717) is 13.1 Å². The summed E-state index contributed by atoms with van der Waals surface area (Å²) < 4.78 is 2.15. The zero-order valence-electron chi connectivity index (χ0n) is 13.6. The molecular weight excluding hydrogens is 318 g/mol. The molecule has 1 aromatic heterocycles. The Morgan fingerprint density at radius 1 is 1.04 bits per heavy atom. The SMILES string of the molecule is O=[N+]([O-])c1cccc(CN2CCn3c(nnc3-c3ccccc3)C2)c1. The number of nitrogens with zero attached hydrogens (tertiary/aromatic N) is 5. The van der Waals surface area contributed by atoms with Gasteiger partial charge < -0.3 is 4.57 Å². The van der Waals surface area contributed by atoms with Gasteiger partial charge in [0.2, 0.25) is 0 Å². The van der Waals surface area contributed by atoms with E-state index in [1.54, 1.807) is 12.1 Å². The molecule has 0 saturated heterocycles. The lowest BCUT2D eigenvalue weighted by Crippen LogP contribution is -2.33. The highest BCUT2D eigenvalue weighted by molar-refractivity contribution is 5.55. The van der Waals surface area contributed by atoms with Crippen molar-refractivity contribution in [2.75, 3.05) is 6.54 Å². The van der Waals surface area contributed by atoms with Gasteiger partial charge in [0.25, 0.3) is 5.69 Å². The van der Waals surface area contributed by atoms with E-state index in [1.807, 2.05) is 36.4 Å². The Kier molecular flexibility index (Phi) is 3.99. The predicted molar refractivity (Wildman–Crippen MR) is 92.7 cm³/mol. The first-order valence-corrected chi connectivity index (χ1v) is 8.14. The summed E-state index contributed by atoms with van der Waals surface area (Å²) in [6.45, 7) is 3.01. The van der Waals surface area contributed by atoms with E-state index in [1.165, 1.54) is 6.07 Å². The molecule has 0 radical (unpaired) electrons. The summed E-state index contributed by atoms with van der Waals surface area (Å²) in [6.07, 6.45) is 0. The molecule has 0 fully saturated rings. The molecule has 2 aromatic carbocycles.